The second-order valence-corrected chi connectivity index (χ2v) is 4.76. The lowest BCUT2D eigenvalue weighted by Crippen LogP contribution is -2.15. The Bertz CT molecular complexity index is 515. The number of nitrogens with one attached hydrogen (secondary N) is 1. The van der Waals surface area contributed by atoms with Crippen molar-refractivity contribution in [2.75, 3.05) is 11.9 Å². The van der Waals surface area contributed by atoms with E-state index in [0.29, 0.717) is 0 Å². The highest BCUT2D eigenvalue weighted by atomic mass is 79.9. The smallest absolute Gasteiger partial charge is 0.123 e. The highest BCUT2D eigenvalue weighted by Crippen LogP contribution is 2.26. The van der Waals surface area contributed by atoms with Crippen LogP contribution in [0.2, 0.25) is 0 Å². The Labute approximate surface area is 114 Å². The van der Waals surface area contributed by atoms with Crippen LogP contribution in [0, 0.1) is 5.82 Å². The molecule has 2 aromatic carbocycles. The van der Waals surface area contributed by atoms with Crippen molar-refractivity contribution in [3.8, 4) is 0 Å². The average Bonchev–Trinajstić information content (AvgIpc) is 2.39. The van der Waals surface area contributed by atoms with Gasteiger partial charge in [-0.05, 0) is 35.9 Å². The Hall–Kier alpha value is -1.39. The molecule has 2 rings (SSSR count). The molecule has 1 unspecified atom stereocenters. The molecule has 94 valence electrons. The summed E-state index contributed by atoms with van der Waals surface area (Å²) >= 11 is 3.45. The van der Waals surface area contributed by atoms with Gasteiger partial charge in [0.05, 0.1) is 12.6 Å². The zero-order valence-electron chi connectivity index (χ0n) is 9.61. The summed E-state index contributed by atoms with van der Waals surface area (Å²) in [5, 5.41) is 12.6. The number of hydrogen-bond donors (Lipinski definition) is 2. The zero-order chi connectivity index (χ0) is 13.0. The van der Waals surface area contributed by atoms with Gasteiger partial charge in [-0.2, -0.15) is 0 Å². The summed E-state index contributed by atoms with van der Waals surface area (Å²) in [6.07, 6.45) is 0. The van der Waals surface area contributed by atoms with E-state index in [-0.39, 0.29) is 18.5 Å². The van der Waals surface area contributed by atoms with Crippen molar-refractivity contribution in [1.29, 1.82) is 0 Å². The Morgan fingerprint density at radius 3 is 2.39 bits per heavy atom. The van der Waals surface area contributed by atoms with Gasteiger partial charge in [0, 0.05) is 10.2 Å². The Morgan fingerprint density at radius 2 is 1.78 bits per heavy atom. The Balaban J connectivity index is 2.20. The fourth-order valence-corrected chi connectivity index (χ4v) is 2.29. The molecule has 1 atom stereocenters. The number of benzene rings is 2. The van der Waals surface area contributed by atoms with E-state index in [1.54, 1.807) is 12.1 Å². The molecule has 2 nitrogen and oxygen atoms in total. The molecule has 0 aliphatic rings. The van der Waals surface area contributed by atoms with E-state index in [4.69, 9.17) is 0 Å². The Kier molecular flexibility index (Phi) is 4.33. The number of hydrogen-bond acceptors (Lipinski definition) is 2. The minimum absolute atomic E-state index is 0.0417. The lowest BCUT2D eigenvalue weighted by Gasteiger charge is -2.19. The van der Waals surface area contributed by atoms with Crippen LogP contribution in [0.25, 0.3) is 0 Å². The molecule has 18 heavy (non-hydrogen) atoms. The molecule has 2 aromatic rings. The first-order valence-corrected chi connectivity index (χ1v) is 6.37. The molecular weight excluding hydrogens is 297 g/mol. The van der Waals surface area contributed by atoms with Crippen LogP contribution in [0.4, 0.5) is 10.1 Å². The van der Waals surface area contributed by atoms with Gasteiger partial charge in [0.1, 0.15) is 5.82 Å². The molecule has 4 heteroatoms. The van der Waals surface area contributed by atoms with Gasteiger partial charge in [0.15, 0.2) is 0 Å². The number of rotatable bonds is 4. The lowest BCUT2D eigenvalue weighted by atomic mass is 10.1. The first-order valence-electron chi connectivity index (χ1n) is 5.58. The predicted molar refractivity (Wildman–Crippen MR) is 74.0 cm³/mol. The van der Waals surface area contributed by atoms with Crippen molar-refractivity contribution < 1.29 is 9.50 Å². The van der Waals surface area contributed by atoms with Crippen LogP contribution >= 0.6 is 15.9 Å². The van der Waals surface area contributed by atoms with E-state index in [9.17, 15) is 9.50 Å². The van der Waals surface area contributed by atoms with Crippen molar-refractivity contribution in [3.63, 3.8) is 0 Å². The van der Waals surface area contributed by atoms with E-state index >= 15 is 0 Å². The second-order valence-electron chi connectivity index (χ2n) is 3.91. The molecule has 0 heterocycles. The molecule has 0 bridgehead atoms. The van der Waals surface area contributed by atoms with Crippen molar-refractivity contribution >= 4 is 21.6 Å². The largest absolute Gasteiger partial charge is 0.394 e. The van der Waals surface area contributed by atoms with Crippen molar-refractivity contribution in [1.82, 2.24) is 0 Å². The van der Waals surface area contributed by atoms with Gasteiger partial charge < -0.3 is 10.4 Å². The lowest BCUT2D eigenvalue weighted by molar-refractivity contribution is 0.276. The van der Waals surface area contributed by atoms with E-state index in [1.807, 2.05) is 24.3 Å². The van der Waals surface area contributed by atoms with Crippen molar-refractivity contribution in [2.24, 2.45) is 0 Å². The summed E-state index contributed by atoms with van der Waals surface area (Å²) in [4.78, 5) is 0. The van der Waals surface area contributed by atoms with Crippen LogP contribution in [-0.4, -0.2) is 11.7 Å². The van der Waals surface area contributed by atoms with E-state index in [2.05, 4.69) is 21.2 Å². The maximum atomic E-state index is 12.8. The summed E-state index contributed by atoms with van der Waals surface area (Å²) in [5.41, 5.74) is 1.73. The van der Waals surface area contributed by atoms with Crippen molar-refractivity contribution in [3.05, 3.63) is 64.4 Å². The quantitative estimate of drug-likeness (QED) is 0.902. The maximum absolute atomic E-state index is 12.8. The summed E-state index contributed by atoms with van der Waals surface area (Å²) < 4.78 is 13.7. The molecule has 0 saturated carbocycles. The zero-order valence-corrected chi connectivity index (χ0v) is 11.2. The summed E-state index contributed by atoms with van der Waals surface area (Å²) in [6, 6.07) is 13.5. The Morgan fingerprint density at radius 1 is 1.11 bits per heavy atom. The number of aliphatic hydroxyl groups excluding tert-OH is 1. The number of aliphatic hydroxyl groups is 1. The van der Waals surface area contributed by atoms with E-state index in [1.165, 1.54) is 12.1 Å². The molecule has 2 N–H and O–H groups in total. The fourth-order valence-electron chi connectivity index (χ4n) is 1.73. The summed E-state index contributed by atoms with van der Waals surface area (Å²) in [5.74, 6) is -0.276. The molecule has 0 fully saturated rings. The third-order valence-electron chi connectivity index (χ3n) is 2.65. The van der Waals surface area contributed by atoms with E-state index in [0.717, 1.165) is 15.7 Å². The van der Waals surface area contributed by atoms with Gasteiger partial charge in [-0.1, -0.05) is 34.1 Å². The third kappa shape index (κ3) is 3.09. The SMILES string of the molecule is OCC(Nc1ccc(F)cc1)c1ccccc1Br. The van der Waals surface area contributed by atoms with Crippen LogP contribution in [0.15, 0.2) is 53.0 Å². The standard InChI is InChI=1S/C14H13BrFNO/c15-13-4-2-1-3-12(13)14(9-18)17-11-7-5-10(16)6-8-11/h1-8,14,17-18H,9H2. The van der Waals surface area contributed by atoms with E-state index < -0.39 is 0 Å². The highest BCUT2D eigenvalue weighted by Gasteiger charge is 2.12. The summed E-state index contributed by atoms with van der Waals surface area (Å²) in [6.45, 7) is -0.0417. The molecule has 0 aliphatic carbocycles. The maximum Gasteiger partial charge on any atom is 0.123 e. The normalized spacial score (nSPS) is 12.2. The van der Waals surface area contributed by atoms with Crippen LogP contribution in [-0.2, 0) is 0 Å². The second kappa shape index (κ2) is 5.98. The number of anilines is 1. The fraction of sp³-hybridized carbons (Fsp3) is 0.143. The average molecular weight is 310 g/mol. The molecule has 0 radical (unpaired) electrons. The van der Waals surface area contributed by atoms with Crippen molar-refractivity contribution in [2.45, 2.75) is 6.04 Å². The highest BCUT2D eigenvalue weighted by molar-refractivity contribution is 9.10. The van der Waals surface area contributed by atoms with Crippen LogP contribution in [0.3, 0.4) is 0 Å². The van der Waals surface area contributed by atoms with Crippen LogP contribution in [0.5, 0.6) is 0 Å². The first-order chi connectivity index (χ1) is 8.70. The van der Waals surface area contributed by atoms with Gasteiger partial charge in [-0.25, -0.2) is 4.39 Å². The van der Waals surface area contributed by atoms with Gasteiger partial charge in [-0.15, -0.1) is 0 Å². The molecule has 0 spiro atoms. The van der Waals surface area contributed by atoms with Crippen LogP contribution < -0.4 is 5.32 Å². The van der Waals surface area contributed by atoms with Gasteiger partial charge >= 0.3 is 0 Å². The van der Waals surface area contributed by atoms with Gasteiger partial charge in [-0.3, -0.25) is 0 Å². The molecule has 0 amide bonds. The number of halogens is 2. The summed E-state index contributed by atoms with van der Waals surface area (Å²) in [7, 11) is 0. The monoisotopic (exact) mass is 309 g/mol. The molecule has 0 saturated heterocycles. The minimum Gasteiger partial charge on any atom is -0.394 e. The third-order valence-corrected chi connectivity index (χ3v) is 3.37. The minimum atomic E-state index is -0.276. The first kappa shape index (κ1) is 13.1. The molecule has 0 aromatic heterocycles. The van der Waals surface area contributed by atoms with Gasteiger partial charge in [0.25, 0.3) is 0 Å². The predicted octanol–water partition coefficient (Wildman–Crippen LogP) is 3.73. The molecular formula is C14H13BrFNO. The van der Waals surface area contributed by atoms with Gasteiger partial charge in [0.2, 0.25) is 0 Å². The topological polar surface area (TPSA) is 32.3 Å². The van der Waals surface area contributed by atoms with Crippen LogP contribution in [0.1, 0.15) is 11.6 Å². The molecule has 0 aliphatic heterocycles.